The van der Waals surface area contributed by atoms with Crippen molar-refractivity contribution in [2.75, 3.05) is 0 Å². The lowest BCUT2D eigenvalue weighted by molar-refractivity contribution is -0.140. The van der Waals surface area contributed by atoms with E-state index in [1.54, 1.807) is 13.8 Å². The van der Waals surface area contributed by atoms with E-state index in [0.717, 1.165) is 32.1 Å². The minimum atomic E-state index is -0.846. The number of aliphatic hydroxyl groups is 1. The maximum absolute atomic E-state index is 12.3. The average molecular weight is 226 g/mol. The molecule has 0 saturated heterocycles. The van der Waals surface area contributed by atoms with Crippen LogP contribution in [0.15, 0.2) is 0 Å². The molecule has 2 heteroatoms. The van der Waals surface area contributed by atoms with Gasteiger partial charge in [-0.1, -0.05) is 26.7 Å². The normalized spacial score (nSPS) is 31.8. The second-order valence-electron chi connectivity index (χ2n) is 5.91. The van der Waals surface area contributed by atoms with Gasteiger partial charge >= 0.3 is 0 Å². The van der Waals surface area contributed by atoms with Crippen molar-refractivity contribution in [1.29, 1.82) is 0 Å². The van der Waals surface area contributed by atoms with Crippen LogP contribution in [0.3, 0.4) is 0 Å². The molecule has 0 aliphatic heterocycles. The molecule has 0 aromatic carbocycles. The molecule has 0 heterocycles. The van der Waals surface area contributed by atoms with Crippen LogP contribution in [0.2, 0.25) is 0 Å². The summed E-state index contributed by atoms with van der Waals surface area (Å²) in [6, 6.07) is 0. The molecular weight excluding hydrogens is 200 g/mol. The highest BCUT2D eigenvalue weighted by Gasteiger charge is 2.41. The third kappa shape index (κ3) is 3.07. The molecule has 1 rings (SSSR count). The van der Waals surface area contributed by atoms with Crippen LogP contribution in [0.1, 0.15) is 59.8 Å². The standard InChI is InChI=1S/C14H26O2/c1-5-6-7-11-10(2)8-9-12(13(11)15)14(3,4)16/h10-12,16H,5-9H2,1-4H3. The van der Waals surface area contributed by atoms with Gasteiger partial charge in [-0.25, -0.2) is 0 Å². The van der Waals surface area contributed by atoms with Crippen molar-refractivity contribution in [3.8, 4) is 0 Å². The highest BCUT2D eigenvalue weighted by Crippen LogP contribution is 2.38. The summed E-state index contributed by atoms with van der Waals surface area (Å²) in [6.07, 6.45) is 5.20. The van der Waals surface area contributed by atoms with E-state index in [1.807, 2.05) is 0 Å². The zero-order valence-electron chi connectivity index (χ0n) is 11.1. The maximum Gasteiger partial charge on any atom is 0.142 e. The van der Waals surface area contributed by atoms with Gasteiger partial charge in [0.05, 0.1) is 5.60 Å². The topological polar surface area (TPSA) is 37.3 Å². The first-order valence-electron chi connectivity index (χ1n) is 6.64. The van der Waals surface area contributed by atoms with Crippen LogP contribution in [0.25, 0.3) is 0 Å². The van der Waals surface area contributed by atoms with Gasteiger partial charge in [0.1, 0.15) is 5.78 Å². The van der Waals surface area contributed by atoms with Crippen molar-refractivity contribution in [2.45, 2.75) is 65.4 Å². The molecule has 0 amide bonds. The lowest BCUT2D eigenvalue weighted by Crippen LogP contribution is -2.44. The van der Waals surface area contributed by atoms with E-state index in [-0.39, 0.29) is 11.8 Å². The van der Waals surface area contributed by atoms with Crippen molar-refractivity contribution in [3.05, 3.63) is 0 Å². The van der Waals surface area contributed by atoms with Gasteiger partial charge in [-0.3, -0.25) is 4.79 Å². The third-order valence-electron chi connectivity index (χ3n) is 4.03. The van der Waals surface area contributed by atoms with Gasteiger partial charge in [0.2, 0.25) is 0 Å². The summed E-state index contributed by atoms with van der Waals surface area (Å²) in [4.78, 5) is 12.3. The van der Waals surface area contributed by atoms with Crippen molar-refractivity contribution in [3.63, 3.8) is 0 Å². The first-order chi connectivity index (χ1) is 7.38. The minimum Gasteiger partial charge on any atom is -0.390 e. The minimum absolute atomic E-state index is 0.148. The fraction of sp³-hybridized carbons (Fsp3) is 0.929. The number of carbonyl (C=O) groups is 1. The Labute approximate surface area is 99.4 Å². The number of unbranched alkanes of at least 4 members (excludes halogenated alkanes) is 1. The summed E-state index contributed by atoms with van der Waals surface area (Å²) in [5.41, 5.74) is -0.846. The fourth-order valence-electron chi connectivity index (χ4n) is 2.86. The van der Waals surface area contributed by atoms with Crippen molar-refractivity contribution in [2.24, 2.45) is 17.8 Å². The van der Waals surface area contributed by atoms with Crippen LogP contribution in [0, 0.1) is 17.8 Å². The molecule has 3 unspecified atom stereocenters. The molecule has 3 atom stereocenters. The Balaban J connectivity index is 2.71. The lowest BCUT2D eigenvalue weighted by Gasteiger charge is -2.38. The van der Waals surface area contributed by atoms with Crippen molar-refractivity contribution >= 4 is 5.78 Å². The zero-order valence-corrected chi connectivity index (χ0v) is 11.1. The van der Waals surface area contributed by atoms with E-state index in [2.05, 4.69) is 13.8 Å². The Morgan fingerprint density at radius 3 is 2.50 bits per heavy atom. The quantitative estimate of drug-likeness (QED) is 0.799. The average Bonchev–Trinajstić information content (AvgIpc) is 2.15. The van der Waals surface area contributed by atoms with Crippen molar-refractivity contribution < 1.29 is 9.90 Å². The molecular formula is C14H26O2. The highest BCUT2D eigenvalue weighted by molar-refractivity contribution is 5.85. The van der Waals surface area contributed by atoms with Crippen LogP contribution < -0.4 is 0 Å². The summed E-state index contributed by atoms with van der Waals surface area (Å²) < 4.78 is 0. The second-order valence-corrected chi connectivity index (χ2v) is 5.91. The number of hydrogen-bond donors (Lipinski definition) is 1. The molecule has 1 saturated carbocycles. The number of ketones is 1. The predicted molar refractivity (Wildman–Crippen MR) is 66.2 cm³/mol. The van der Waals surface area contributed by atoms with Gasteiger partial charge in [0.15, 0.2) is 0 Å². The number of rotatable bonds is 4. The van der Waals surface area contributed by atoms with Gasteiger partial charge in [0.25, 0.3) is 0 Å². The summed E-state index contributed by atoms with van der Waals surface area (Å²) in [7, 11) is 0. The molecule has 0 bridgehead atoms. The van der Waals surface area contributed by atoms with Crippen LogP contribution in [0.4, 0.5) is 0 Å². The van der Waals surface area contributed by atoms with Crippen LogP contribution in [-0.4, -0.2) is 16.5 Å². The van der Waals surface area contributed by atoms with Crippen LogP contribution >= 0.6 is 0 Å². The van der Waals surface area contributed by atoms with E-state index in [9.17, 15) is 9.90 Å². The Kier molecular flexibility index (Phi) is 4.54. The summed E-state index contributed by atoms with van der Waals surface area (Å²) in [5.74, 6) is 0.841. The smallest absolute Gasteiger partial charge is 0.142 e. The van der Waals surface area contributed by atoms with E-state index < -0.39 is 5.60 Å². The molecule has 1 aliphatic carbocycles. The van der Waals surface area contributed by atoms with E-state index in [1.165, 1.54) is 0 Å². The predicted octanol–water partition coefficient (Wildman–Crippen LogP) is 3.18. The largest absolute Gasteiger partial charge is 0.390 e. The third-order valence-corrected chi connectivity index (χ3v) is 4.03. The number of Topliss-reactive ketones (excluding diaryl/α,β-unsaturated/α-hetero) is 1. The van der Waals surface area contributed by atoms with Crippen molar-refractivity contribution in [1.82, 2.24) is 0 Å². The number of carbonyl (C=O) groups excluding carboxylic acids is 1. The van der Waals surface area contributed by atoms with Gasteiger partial charge < -0.3 is 5.11 Å². The molecule has 0 aromatic heterocycles. The van der Waals surface area contributed by atoms with Crippen LogP contribution in [0.5, 0.6) is 0 Å². The number of hydrogen-bond acceptors (Lipinski definition) is 2. The molecule has 1 aliphatic rings. The van der Waals surface area contributed by atoms with Crippen LogP contribution in [-0.2, 0) is 4.79 Å². The first kappa shape index (κ1) is 13.7. The molecule has 2 nitrogen and oxygen atoms in total. The molecule has 1 N–H and O–H groups in total. The Hall–Kier alpha value is -0.370. The molecule has 94 valence electrons. The van der Waals surface area contributed by atoms with Gasteiger partial charge in [-0.15, -0.1) is 0 Å². The fourth-order valence-corrected chi connectivity index (χ4v) is 2.86. The van der Waals surface area contributed by atoms with Gasteiger partial charge in [-0.05, 0) is 39.0 Å². The Morgan fingerprint density at radius 1 is 1.38 bits per heavy atom. The highest BCUT2D eigenvalue weighted by atomic mass is 16.3. The molecule has 16 heavy (non-hydrogen) atoms. The molecule has 0 aromatic rings. The van der Waals surface area contributed by atoms with E-state index >= 15 is 0 Å². The first-order valence-corrected chi connectivity index (χ1v) is 6.64. The van der Waals surface area contributed by atoms with E-state index in [4.69, 9.17) is 0 Å². The molecule has 1 fully saturated rings. The molecule has 0 radical (unpaired) electrons. The SMILES string of the molecule is CCCCC1C(=O)C(C(C)(C)O)CCC1C. The monoisotopic (exact) mass is 226 g/mol. The Morgan fingerprint density at radius 2 is 2.00 bits per heavy atom. The van der Waals surface area contributed by atoms with E-state index in [0.29, 0.717) is 11.7 Å². The maximum atomic E-state index is 12.3. The Bertz CT molecular complexity index is 240. The zero-order chi connectivity index (χ0) is 12.3. The second kappa shape index (κ2) is 5.31. The summed E-state index contributed by atoms with van der Waals surface area (Å²) in [6.45, 7) is 7.87. The molecule has 0 spiro atoms. The van der Waals surface area contributed by atoms with Gasteiger partial charge in [-0.2, -0.15) is 0 Å². The summed E-state index contributed by atoms with van der Waals surface area (Å²) in [5, 5.41) is 10.0. The van der Waals surface area contributed by atoms with Gasteiger partial charge in [0, 0.05) is 11.8 Å². The summed E-state index contributed by atoms with van der Waals surface area (Å²) >= 11 is 0. The lowest BCUT2D eigenvalue weighted by atomic mass is 9.67.